The SMILES string of the molecule is NCCc1cc(-c2ccc3c(c2)OCCO3)ns1. The molecule has 0 radical (unpaired) electrons. The van der Waals surface area contributed by atoms with Gasteiger partial charge in [0.15, 0.2) is 11.5 Å². The Labute approximate surface area is 110 Å². The molecule has 0 fully saturated rings. The second-order valence-electron chi connectivity index (χ2n) is 4.08. The summed E-state index contributed by atoms with van der Waals surface area (Å²) in [7, 11) is 0. The first-order valence-electron chi connectivity index (χ1n) is 5.92. The van der Waals surface area contributed by atoms with Crippen molar-refractivity contribution >= 4 is 11.5 Å². The van der Waals surface area contributed by atoms with Crippen LogP contribution in [-0.2, 0) is 6.42 Å². The van der Waals surface area contributed by atoms with Crippen molar-refractivity contribution in [3.8, 4) is 22.8 Å². The van der Waals surface area contributed by atoms with Gasteiger partial charge in [-0.3, -0.25) is 0 Å². The minimum atomic E-state index is 0.603. The Morgan fingerprint density at radius 2 is 2.00 bits per heavy atom. The summed E-state index contributed by atoms with van der Waals surface area (Å²) in [5.41, 5.74) is 7.57. The average molecular weight is 262 g/mol. The lowest BCUT2D eigenvalue weighted by atomic mass is 10.1. The lowest BCUT2D eigenvalue weighted by Gasteiger charge is -2.18. The Bertz CT molecular complexity index is 554. The van der Waals surface area contributed by atoms with Crippen LogP contribution in [0, 0.1) is 0 Å². The molecule has 0 amide bonds. The summed E-state index contributed by atoms with van der Waals surface area (Å²) in [6, 6.07) is 8.01. The lowest BCUT2D eigenvalue weighted by Crippen LogP contribution is -2.15. The second kappa shape index (κ2) is 4.96. The number of nitrogens with two attached hydrogens (primary N) is 1. The molecule has 5 heteroatoms. The standard InChI is InChI=1S/C13H14N2O2S/c14-4-3-10-8-11(15-18-10)9-1-2-12-13(7-9)17-6-5-16-12/h1-2,7-8H,3-6,14H2. The molecule has 3 rings (SSSR count). The highest BCUT2D eigenvalue weighted by Gasteiger charge is 2.13. The summed E-state index contributed by atoms with van der Waals surface area (Å²) in [6.07, 6.45) is 0.877. The Balaban J connectivity index is 1.91. The zero-order chi connectivity index (χ0) is 12.4. The zero-order valence-corrected chi connectivity index (χ0v) is 10.7. The van der Waals surface area contributed by atoms with Crippen LogP contribution in [0.15, 0.2) is 24.3 Å². The van der Waals surface area contributed by atoms with E-state index >= 15 is 0 Å². The Hall–Kier alpha value is -1.59. The number of nitrogens with zero attached hydrogens (tertiary/aromatic N) is 1. The van der Waals surface area contributed by atoms with E-state index in [0.29, 0.717) is 19.8 Å². The van der Waals surface area contributed by atoms with Gasteiger partial charge in [0.25, 0.3) is 0 Å². The molecular weight excluding hydrogens is 248 g/mol. The van der Waals surface area contributed by atoms with Crippen LogP contribution < -0.4 is 15.2 Å². The lowest BCUT2D eigenvalue weighted by molar-refractivity contribution is 0.171. The monoisotopic (exact) mass is 262 g/mol. The smallest absolute Gasteiger partial charge is 0.162 e. The molecule has 18 heavy (non-hydrogen) atoms. The van der Waals surface area contributed by atoms with Gasteiger partial charge in [-0.25, -0.2) is 0 Å². The van der Waals surface area contributed by atoms with Gasteiger partial charge in [0.05, 0.1) is 5.69 Å². The third-order valence-corrected chi connectivity index (χ3v) is 3.63. The van der Waals surface area contributed by atoms with Gasteiger partial charge >= 0.3 is 0 Å². The van der Waals surface area contributed by atoms with E-state index in [-0.39, 0.29) is 0 Å². The van der Waals surface area contributed by atoms with E-state index in [4.69, 9.17) is 15.2 Å². The maximum atomic E-state index is 5.57. The van der Waals surface area contributed by atoms with Gasteiger partial charge in [-0.2, -0.15) is 4.37 Å². The predicted molar refractivity (Wildman–Crippen MR) is 71.3 cm³/mol. The van der Waals surface area contributed by atoms with Crippen molar-refractivity contribution in [2.24, 2.45) is 5.73 Å². The van der Waals surface area contributed by atoms with Crippen molar-refractivity contribution < 1.29 is 9.47 Å². The minimum absolute atomic E-state index is 0.603. The van der Waals surface area contributed by atoms with E-state index < -0.39 is 0 Å². The third-order valence-electron chi connectivity index (χ3n) is 2.79. The van der Waals surface area contributed by atoms with Crippen molar-refractivity contribution in [1.82, 2.24) is 4.37 Å². The van der Waals surface area contributed by atoms with E-state index in [9.17, 15) is 0 Å². The molecular formula is C13H14N2O2S. The van der Waals surface area contributed by atoms with Crippen LogP contribution in [0.25, 0.3) is 11.3 Å². The number of hydrogen-bond donors (Lipinski definition) is 1. The largest absolute Gasteiger partial charge is 0.486 e. The van der Waals surface area contributed by atoms with E-state index in [0.717, 1.165) is 29.2 Å². The van der Waals surface area contributed by atoms with Gasteiger partial charge < -0.3 is 15.2 Å². The molecule has 0 saturated heterocycles. The number of aromatic nitrogens is 1. The summed E-state index contributed by atoms with van der Waals surface area (Å²) >= 11 is 1.50. The van der Waals surface area contributed by atoms with Crippen LogP contribution in [0.5, 0.6) is 11.5 Å². The summed E-state index contributed by atoms with van der Waals surface area (Å²) < 4.78 is 15.5. The van der Waals surface area contributed by atoms with Crippen LogP contribution in [0.4, 0.5) is 0 Å². The molecule has 0 spiro atoms. The van der Waals surface area contributed by atoms with Crippen molar-refractivity contribution in [2.45, 2.75) is 6.42 Å². The van der Waals surface area contributed by atoms with Gasteiger partial charge in [0.2, 0.25) is 0 Å². The van der Waals surface area contributed by atoms with Gasteiger partial charge in [-0.05, 0) is 48.8 Å². The molecule has 1 aromatic heterocycles. The van der Waals surface area contributed by atoms with E-state index in [1.807, 2.05) is 18.2 Å². The van der Waals surface area contributed by atoms with E-state index in [2.05, 4.69) is 10.4 Å². The van der Waals surface area contributed by atoms with Crippen molar-refractivity contribution in [1.29, 1.82) is 0 Å². The van der Waals surface area contributed by atoms with Crippen LogP contribution in [0.2, 0.25) is 0 Å². The fourth-order valence-corrected chi connectivity index (χ4v) is 2.66. The predicted octanol–water partition coefficient (Wildman–Crippen LogP) is 2.08. The molecule has 0 bridgehead atoms. The highest BCUT2D eigenvalue weighted by Crippen LogP contribution is 2.34. The number of fused-ring (bicyclic) bond motifs is 1. The fourth-order valence-electron chi connectivity index (χ4n) is 1.91. The Kier molecular flexibility index (Phi) is 3.17. The molecule has 1 aliphatic rings. The maximum absolute atomic E-state index is 5.57. The first-order chi connectivity index (χ1) is 8.86. The van der Waals surface area contributed by atoms with Gasteiger partial charge in [-0.1, -0.05) is 0 Å². The summed E-state index contributed by atoms with van der Waals surface area (Å²) in [4.78, 5) is 1.21. The van der Waals surface area contributed by atoms with Crippen molar-refractivity contribution in [2.75, 3.05) is 19.8 Å². The molecule has 94 valence electrons. The number of rotatable bonds is 3. The van der Waals surface area contributed by atoms with Gasteiger partial charge in [-0.15, -0.1) is 0 Å². The summed E-state index contributed by atoms with van der Waals surface area (Å²) in [6.45, 7) is 1.87. The van der Waals surface area contributed by atoms with Crippen LogP contribution in [0.3, 0.4) is 0 Å². The molecule has 1 aromatic carbocycles. The van der Waals surface area contributed by atoms with E-state index in [1.165, 1.54) is 16.4 Å². The van der Waals surface area contributed by atoms with Crippen LogP contribution >= 0.6 is 11.5 Å². The maximum Gasteiger partial charge on any atom is 0.162 e. The summed E-state index contributed by atoms with van der Waals surface area (Å²) in [5.74, 6) is 1.61. The number of benzene rings is 1. The molecule has 4 nitrogen and oxygen atoms in total. The first kappa shape index (κ1) is 11.5. The second-order valence-corrected chi connectivity index (χ2v) is 4.97. The minimum Gasteiger partial charge on any atom is -0.486 e. The fraction of sp³-hybridized carbons (Fsp3) is 0.308. The molecule has 0 atom stereocenters. The third kappa shape index (κ3) is 2.19. The molecule has 0 aliphatic carbocycles. The topological polar surface area (TPSA) is 57.4 Å². The average Bonchev–Trinajstić information content (AvgIpc) is 2.87. The Morgan fingerprint density at radius 1 is 1.17 bits per heavy atom. The molecule has 2 aromatic rings. The highest BCUT2D eigenvalue weighted by atomic mass is 32.1. The molecule has 2 heterocycles. The van der Waals surface area contributed by atoms with Crippen LogP contribution in [-0.4, -0.2) is 24.1 Å². The molecule has 0 saturated carbocycles. The van der Waals surface area contributed by atoms with Crippen molar-refractivity contribution in [3.63, 3.8) is 0 Å². The molecule has 0 unspecified atom stereocenters. The first-order valence-corrected chi connectivity index (χ1v) is 6.70. The Morgan fingerprint density at radius 3 is 2.83 bits per heavy atom. The number of ether oxygens (including phenoxy) is 2. The van der Waals surface area contributed by atoms with Crippen LogP contribution in [0.1, 0.15) is 4.88 Å². The molecule has 1 aliphatic heterocycles. The number of hydrogen-bond acceptors (Lipinski definition) is 5. The van der Waals surface area contributed by atoms with Gasteiger partial charge in [0, 0.05) is 10.4 Å². The zero-order valence-electron chi connectivity index (χ0n) is 9.89. The highest BCUT2D eigenvalue weighted by molar-refractivity contribution is 7.06. The summed E-state index contributed by atoms with van der Waals surface area (Å²) in [5, 5.41) is 0. The van der Waals surface area contributed by atoms with E-state index in [1.54, 1.807) is 0 Å². The molecule has 2 N–H and O–H groups in total. The van der Waals surface area contributed by atoms with Crippen molar-refractivity contribution in [3.05, 3.63) is 29.1 Å². The quantitative estimate of drug-likeness (QED) is 0.920. The normalized spacial score (nSPS) is 13.6. The van der Waals surface area contributed by atoms with Gasteiger partial charge in [0.1, 0.15) is 13.2 Å².